The van der Waals surface area contributed by atoms with Crippen LogP contribution in [0.3, 0.4) is 0 Å². The minimum Gasteiger partial charge on any atom is -0.388 e. The maximum absolute atomic E-state index is 13.3. The highest BCUT2D eigenvalue weighted by Crippen LogP contribution is 2.30. The Bertz CT molecular complexity index is 449. The van der Waals surface area contributed by atoms with E-state index in [-0.39, 0.29) is 11.7 Å². The molecule has 1 aliphatic carbocycles. The fourth-order valence-electron chi connectivity index (χ4n) is 1.93. The number of thioether (sulfide) groups is 1. The summed E-state index contributed by atoms with van der Waals surface area (Å²) in [4.78, 5) is 12.1. The molecule has 0 heterocycles. The second-order valence-corrected chi connectivity index (χ2v) is 6.02. The van der Waals surface area contributed by atoms with Crippen LogP contribution >= 0.6 is 11.8 Å². The van der Waals surface area contributed by atoms with Gasteiger partial charge in [0.25, 0.3) is 0 Å². The smallest absolute Gasteiger partial charge is 0.220 e. The molecule has 0 radical (unpaired) electrons. The van der Waals surface area contributed by atoms with Crippen molar-refractivity contribution in [2.75, 3.05) is 12.3 Å². The molecule has 2 N–H and O–H groups in total. The number of rotatable bonds is 6. The van der Waals surface area contributed by atoms with Gasteiger partial charge in [-0.05, 0) is 31.4 Å². The summed E-state index contributed by atoms with van der Waals surface area (Å²) in [6, 6.07) is 6.53. The molecule has 0 unspecified atom stereocenters. The first-order chi connectivity index (χ1) is 9.09. The predicted octanol–water partition coefficient (Wildman–Crippen LogP) is 2.34. The van der Waals surface area contributed by atoms with Crippen LogP contribution in [0.1, 0.15) is 25.7 Å². The van der Waals surface area contributed by atoms with Crippen LogP contribution in [0.5, 0.6) is 0 Å². The van der Waals surface area contributed by atoms with Gasteiger partial charge in [0.2, 0.25) is 5.91 Å². The Morgan fingerprint density at radius 2 is 2.16 bits per heavy atom. The highest BCUT2D eigenvalue weighted by Gasteiger charge is 2.34. The van der Waals surface area contributed by atoms with Gasteiger partial charge in [-0.25, -0.2) is 4.39 Å². The molecule has 1 aliphatic rings. The SMILES string of the molecule is O=C(CCSc1ccccc1F)NCC1(O)CCC1. The maximum atomic E-state index is 13.3. The number of halogens is 1. The van der Waals surface area contributed by atoms with Gasteiger partial charge >= 0.3 is 0 Å². The number of nitrogens with one attached hydrogen (secondary N) is 1. The van der Waals surface area contributed by atoms with Crippen LogP contribution in [0, 0.1) is 5.82 Å². The number of carbonyl (C=O) groups is 1. The molecule has 0 spiro atoms. The second-order valence-electron chi connectivity index (χ2n) is 4.88. The third-order valence-corrected chi connectivity index (χ3v) is 4.37. The van der Waals surface area contributed by atoms with Crippen molar-refractivity contribution in [3.05, 3.63) is 30.1 Å². The second kappa shape index (κ2) is 6.39. The standard InChI is InChI=1S/C14H18FNO2S/c15-11-4-1-2-5-12(11)19-9-6-13(17)16-10-14(18)7-3-8-14/h1-2,4-5,18H,3,6-10H2,(H,16,17). The first-order valence-electron chi connectivity index (χ1n) is 6.45. The third kappa shape index (κ3) is 4.21. The van der Waals surface area contributed by atoms with E-state index in [2.05, 4.69) is 5.32 Å². The predicted molar refractivity (Wildman–Crippen MR) is 73.6 cm³/mol. The van der Waals surface area contributed by atoms with Crippen molar-refractivity contribution in [1.82, 2.24) is 5.32 Å². The number of hydrogen-bond donors (Lipinski definition) is 2. The summed E-state index contributed by atoms with van der Waals surface area (Å²) in [6.45, 7) is 0.330. The first kappa shape index (κ1) is 14.3. The van der Waals surface area contributed by atoms with Crippen molar-refractivity contribution in [3.63, 3.8) is 0 Å². The van der Waals surface area contributed by atoms with Gasteiger partial charge in [0.05, 0.1) is 5.60 Å². The fraction of sp³-hybridized carbons (Fsp3) is 0.500. The summed E-state index contributed by atoms with van der Waals surface area (Å²) < 4.78 is 13.3. The Balaban J connectivity index is 1.65. The first-order valence-corrected chi connectivity index (χ1v) is 7.44. The van der Waals surface area contributed by atoms with E-state index in [0.29, 0.717) is 23.6 Å². The highest BCUT2D eigenvalue weighted by molar-refractivity contribution is 7.99. The van der Waals surface area contributed by atoms with Crippen molar-refractivity contribution in [2.45, 2.75) is 36.2 Å². The zero-order valence-corrected chi connectivity index (χ0v) is 11.5. The zero-order valence-electron chi connectivity index (χ0n) is 10.7. The van der Waals surface area contributed by atoms with E-state index in [0.717, 1.165) is 19.3 Å². The van der Waals surface area contributed by atoms with E-state index >= 15 is 0 Å². The minimum atomic E-state index is -0.686. The molecule has 5 heteroatoms. The molecule has 1 amide bonds. The zero-order chi connectivity index (χ0) is 13.7. The van der Waals surface area contributed by atoms with E-state index in [1.165, 1.54) is 17.8 Å². The molecule has 19 heavy (non-hydrogen) atoms. The van der Waals surface area contributed by atoms with Crippen molar-refractivity contribution in [2.24, 2.45) is 0 Å². The average Bonchev–Trinajstić information content (AvgIpc) is 2.36. The quantitative estimate of drug-likeness (QED) is 0.788. The summed E-state index contributed by atoms with van der Waals surface area (Å²) in [5, 5.41) is 12.6. The van der Waals surface area contributed by atoms with Gasteiger partial charge in [-0.2, -0.15) is 0 Å². The number of amides is 1. The van der Waals surface area contributed by atoms with Crippen molar-refractivity contribution >= 4 is 17.7 Å². The molecule has 1 aromatic rings. The van der Waals surface area contributed by atoms with Crippen LogP contribution in [0.15, 0.2) is 29.2 Å². The summed E-state index contributed by atoms with van der Waals surface area (Å²) in [5.74, 6) is 0.186. The van der Waals surface area contributed by atoms with Crippen molar-refractivity contribution in [1.29, 1.82) is 0 Å². The van der Waals surface area contributed by atoms with Crippen LogP contribution < -0.4 is 5.32 Å². The third-order valence-electron chi connectivity index (χ3n) is 3.32. The summed E-state index contributed by atoms with van der Waals surface area (Å²) in [5.41, 5.74) is -0.686. The Labute approximate surface area is 116 Å². The molecule has 0 aliphatic heterocycles. The van der Waals surface area contributed by atoms with Gasteiger partial charge in [-0.15, -0.1) is 11.8 Å². The molecule has 1 aromatic carbocycles. The normalized spacial score (nSPS) is 16.7. The Hall–Kier alpha value is -1.07. The molecule has 0 aromatic heterocycles. The lowest BCUT2D eigenvalue weighted by Crippen LogP contribution is -2.47. The average molecular weight is 283 g/mol. The fourth-order valence-corrected chi connectivity index (χ4v) is 2.82. The van der Waals surface area contributed by atoms with Crippen molar-refractivity contribution < 1.29 is 14.3 Å². The summed E-state index contributed by atoms with van der Waals surface area (Å²) in [6.07, 6.45) is 2.87. The molecule has 1 saturated carbocycles. The van der Waals surface area contributed by atoms with Gasteiger partial charge in [-0.1, -0.05) is 12.1 Å². The Kier molecular flexibility index (Phi) is 4.82. The van der Waals surface area contributed by atoms with Crippen LogP contribution in [0.2, 0.25) is 0 Å². The van der Waals surface area contributed by atoms with Gasteiger partial charge in [0.15, 0.2) is 0 Å². The molecule has 0 bridgehead atoms. The number of benzene rings is 1. The van der Waals surface area contributed by atoms with Crippen molar-refractivity contribution in [3.8, 4) is 0 Å². The topological polar surface area (TPSA) is 49.3 Å². The van der Waals surface area contributed by atoms with Crippen LogP contribution in [0.25, 0.3) is 0 Å². The number of aliphatic hydroxyl groups is 1. The molecule has 2 rings (SSSR count). The summed E-state index contributed by atoms with van der Waals surface area (Å²) in [7, 11) is 0. The van der Waals surface area contributed by atoms with Gasteiger partial charge in [-0.3, -0.25) is 4.79 Å². The van der Waals surface area contributed by atoms with Gasteiger partial charge < -0.3 is 10.4 Å². The molecule has 104 valence electrons. The lowest BCUT2D eigenvalue weighted by atomic mass is 9.80. The lowest BCUT2D eigenvalue weighted by Gasteiger charge is -2.36. The van der Waals surface area contributed by atoms with E-state index < -0.39 is 5.60 Å². The Morgan fingerprint density at radius 3 is 2.79 bits per heavy atom. The number of hydrogen-bond acceptors (Lipinski definition) is 3. The molecular weight excluding hydrogens is 265 g/mol. The molecule has 0 atom stereocenters. The van der Waals surface area contributed by atoms with Crippen LogP contribution in [-0.4, -0.2) is 28.9 Å². The largest absolute Gasteiger partial charge is 0.388 e. The summed E-state index contributed by atoms with van der Waals surface area (Å²) >= 11 is 1.33. The van der Waals surface area contributed by atoms with Crippen LogP contribution in [0.4, 0.5) is 4.39 Å². The maximum Gasteiger partial charge on any atom is 0.220 e. The Morgan fingerprint density at radius 1 is 1.42 bits per heavy atom. The monoisotopic (exact) mass is 283 g/mol. The molecular formula is C14H18FNO2S. The molecule has 3 nitrogen and oxygen atoms in total. The van der Waals surface area contributed by atoms with E-state index in [1.54, 1.807) is 18.2 Å². The van der Waals surface area contributed by atoms with E-state index in [9.17, 15) is 14.3 Å². The van der Waals surface area contributed by atoms with E-state index in [4.69, 9.17) is 0 Å². The molecule has 1 fully saturated rings. The lowest BCUT2D eigenvalue weighted by molar-refractivity contribution is -0.123. The number of carbonyl (C=O) groups excluding carboxylic acids is 1. The van der Waals surface area contributed by atoms with E-state index in [1.807, 2.05) is 0 Å². The van der Waals surface area contributed by atoms with Crippen LogP contribution in [-0.2, 0) is 4.79 Å². The minimum absolute atomic E-state index is 0.0934. The molecule has 0 saturated heterocycles. The van der Waals surface area contributed by atoms with Gasteiger partial charge in [0.1, 0.15) is 5.82 Å². The highest BCUT2D eigenvalue weighted by atomic mass is 32.2. The van der Waals surface area contributed by atoms with Gasteiger partial charge in [0, 0.05) is 23.6 Å².